The molecule has 1 aromatic carbocycles. The number of thioether (sulfide) groups is 1. The van der Waals surface area contributed by atoms with Crippen molar-refractivity contribution < 1.29 is 0 Å². The van der Waals surface area contributed by atoms with Gasteiger partial charge in [0.05, 0.1) is 0 Å². The second-order valence-corrected chi connectivity index (χ2v) is 5.86. The minimum Gasteiger partial charge on any atom is -0.154 e. The van der Waals surface area contributed by atoms with Crippen molar-refractivity contribution in [2.75, 3.05) is 0 Å². The quantitative estimate of drug-likeness (QED) is 0.775. The maximum absolute atomic E-state index is 3.54. The molecular formula is C11H15BrS. The fraction of sp³-hybridized carbons (Fsp3) is 0.455. The Labute approximate surface area is 93.2 Å². The number of benzene rings is 1. The van der Waals surface area contributed by atoms with Crippen LogP contribution < -0.4 is 0 Å². The molecule has 0 aliphatic carbocycles. The van der Waals surface area contributed by atoms with Gasteiger partial charge in [0.2, 0.25) is 0 Å². The summed E-state index contributed by atoms with van der Waals surface area (Å²) in [6, 6.07) is 6.58. The molecule has 0 saturated heterocycles. The summed E-state index contributed by atoms with van der Waals surface area (Å²) in [6.45, 7) is 6.57. The maximum Gasteiger partial charge on any atom is 0.0207 e. The number of rotatable bonds is 3. The average molecular weight is 259 g/mol. The number of aryl methyl sites for hydroxylation is 1. The van der Waals surface area contributed by atoms with Gasteiger partial charge in [-0.3, -0.25) is 0 Å². The van der Waals surface area contributed by atoms with Crippen LogP contribution in [0.25, 0.3) is 0 Å². The molecule has 0 heterocycles. The van der Waals surface area contributed by atoms with Gasteiger partial charge >= 0.3 is 0 Å². The normalized spacial score (nSPS) is 10.8. The van der Waals surface area contributed by atoms with Crippen molar-refractivity contribution in [3.05, 3.63) is 33.8 Å². The van der Waals surface area contributed by atoms with Crippen LogP contribution in [0.15, 0.2) is 22.7 Å². The molecular weight excluding hydrogens is 244 g/mol. The highest BCUT2D eigenvalue weighted by Gasteiger charge is 1.99. The fourth-order valence-corrected chi connectivity index (χ4v) is 2.12. The van der Waals surface area contributed by atoms with E-state index in [2.05, 4.69) is 54.9 Å². The smallest absolute Gasteiger partial charge is 0.0207 e. The minimum atomic E-state index is 0.708. The zero-order valence-corrected chi connectivity index (χ0v) is 10.7. The van der Waals surface area contributed by atoms with Crippen LogP contribution in [0.4, 0.5) is 0 Å². The number of hydrogen-bond acceptors (Lipinski definition) is 1. The van der Waals surface area contributed by atoms with E-state index in [0.29, 0.717) is 5.25 Å². The summed E-state index contributed by atoms with van der Waals surface area (Å²) >= 11 is 5.52. The molecule has 1 aromatic rings. The van der Waals surface area contributed by atoms with Crippen LogP contribution in [0.3, 0.4) is 0 Å². The Hall–Kier alpha value is 0.0500. The largest absolute Gasteiger partial charge is 0.154 e. The van der Waals surface area contributed by atoms with Gasteiger partial charge in [-0.1, -0.05) is 41.9 Å². The highest BCUT2D eigenvalue weighted by Crippen LogP contribution is 2.22. The Kier molecular flexibility index (Phi) is 4.33. The molecule has 0 saturated carbocycles. The van der Waals surface area contributed by atoms with Crippen LogP contribution >= 0.6 is 27.7 Å². The molecule has 0 aliphatic rings. The van der Waals surface area contributed by atoms with Crippen molar-refractivity contribution in [2.45, 2.75) is 31.8 Å². The van der Waals surface area contributed by atoms with Crippen molar-refractivity contribution in [3.8, 4) is 0 Å². The van der Waals surface area contributed by atoms with Gasteiger partial charge < -0.3 is 0 Å². The Morgan fingerprint density at radius 1 is 1.38 bits per heavy atom. The van der Waals surface area contributed by atoms with E-state index in [4.69, 9.17) is 0 Å². The molecule has 0 spiro atoms. The van der Waals surface area contributed by atoms with Crippen molar-refractivity contribution in [1.82, 2.24) is 0 Å². The summed E-state index contributed by atoms with van der Waals surface area (Å²) in [5, 5.41) is 0.708. The van der Waals surface area contributed by atoms with Crippen LogP contribution in [0.1, 0.15) is 25.0 Å². The molecule has 0 bridgehead atoms. The first-order chi connectivity index (χ1) is 6.09. The summed E-state index contributed by atoms with van der Waals surface area (Å²) in [6.07, 6.45) is 0. The molecule has 0 radical (unpaired) electrons. The van der Waals surface area contributed by atoms with E-state index in [1.165, 1.54) is 15.6 Å². The lowest BCUT2D eigenvalue weighted by Crippen LogP contribution is -1.89. The second-order valence-electron chi connectivity index (χ2n) is 3.44. The molecule has 0 atom stereocenters. The summed E-state index contributed by atoms with van der Waals surface area (Å²) in [5.41, 5.74) is 2.70. The Morgan fingerprint density at radius 2 is 2.08 bits per heavy atom. The second kappa shape index (κ2) is 5.06. The summed E-state index contributed by atoms with van der Waals surface area (Å²) in [4.78, 5) is 0. The molecule has 0 aromatic heterocycles. The van der Waals surface area contributed by atoms with Crippen molar-refractivity contribution >= 4 is 27.7 Å². The van der Waals surface area contributed by atoms with Crippen molar-refractivity contribution in [3.63, 3.8) is 0 Å². The van der Waals surface area contributed by atoms with E-state index >= 15 is 0 Å². The molecule has 2 heteroatoms. The van der Waals surface area contributed by atoms with E-state index in [1.807, 2.05) is 11.8 Å². The third-order valence-electron chi connectivity index (χ3n) is 1.82. The van der Waals surface area contributed by atoms with Crippen LogP contribution in [-0.2, 0) is 5.75 Å². The lowest BCUT2D eigenvalue weighted by Gasteiger charge is -2.06. The van der Waals surface area contributed by atoms with Crippen LogP contribution in [0.2, 0.25) is 0 Å². The average Bonchev–Trinajstić information content (AvgIpc) is 2.07. The first-order valence-electron chi connectivity index (χ1n) is 4.46. The van der Waals surface area contributed by atoms with E-state index in [-0.39, 0.29) is 0 Å². The molecule has 72 valence electrons. The predicted octanol–water partition coefficient (Wildman–Crippen LogP) is 4.40. The van der Waals surface area contributed by atoms with Gasteiger partial charge in [-0.2, -0.15) is 11.8 Å². The third kappa shape index (κ3) is 3.74. The van der Waals surface area contributed by atoms with Gasteiger partial charge in [0.15, 0.2) is 0 Å². The van der Waals surface area contributed by atoms with Crippen LogP contribution in [-0.4, -0.2) is 5.25 Å². The summed E-state index contributed by atoms with van der Waals surface area (Å²) in [5.74, 6) is 1.11. The van der Waals surface area contributed by atoms with Crippen LogP contribution in [0.5, 0.6) is 0 Å². The predicted molar refractivity (Wildman–Crippen MR) is 65.3 cm³/mol. The van der Waals surface area contributed by atoms with Crippen molar-refractivity contribution in [2.24, 2.45) is 0 Å². The lowest BCUT2D eigenvalue weighted by atomic mass is 10.2. The SMILES string of the molecule is Cc1ccc(CSC(C)C)cc1Br. The van der Waals surface area contributed by atoms with Gasteiger partial charge in [-0.15, -0.1) is 0 Å². The highest BCUT2D eigenvalue weighted by atomic mass is 79.9. The molecule has 1 rings (SSSR count). The maximum atomic E-state index is 3.54. The molecule has 0 nitrogen and oxygen atoms in total. The molecule has 0 amide bonds. The van der Waals surface area contributed by atoms with E-state index in [0.717, 1.165) is 5.75 Å². The molecule has 0 N–H and O–H groups in total. The topological polar surface area (TPSA) is 0 Å². The first-order valence-corrected chi connectivity index (χ1v) is 6.30. The molecule has 0 aliphatic heterocycles. The van der Waals surface area contributed by atoms with Gasteiger partial charge in [0.1, 0.15) is 0 Å². The minimum absolute atomic E-state index is 0.708. The number of halogens is 1. The van der Waals surface area contributed by atoms with Gasteiger partial charge in [0.25, 0.3) is 0 Å². The Balaban J connectivity index is 2.63. The van der Waals surface area contributed by atoms with E-state index in [1.54, 1.807) is 0 Å². The third-order valence-corrected chi connectivity index (χ3v) is 3.84. The highest BCUT2D eigenvalue weighted by molar-refractivity contribution is 9.10. The monoisotopic (exact) mass is 258 g/mol. The molecule has 13 heavy (non-hydrogen) atoms. The zero-order valence-electron chi connectivity index (χ0n) is 8.30. The van der Waals surface area contributed by atoms with E-state index < -0.39 is 0 Å². The summed E-state index contributed by atoms with van der Waals surface area (Å²) in [7, 11) is 0. The zero-order chi connectivity index (χ0) is 9.84. The van der Waals surface area contributed by atoms with Gasteiger partial charge in [-0.05, 0) is 29.4 Å². The Morgan fingerprint density at radius 3 is 2.62 bits per heavy atom. The van der Waals surface area contributed by atoms with Crippen molar-refractivity contribution in [1.29, 1.82) is 0 Å². The van der Waals surface area contributed by atoms with E-state index in [9.17, 15) is 0 Å². The van der Waals surface area contributed by atoms with Gasteiger partial charge in [-0.25, -0.2) is 0 Å². The van der Waals surface area contributed by atoms with Gasteiger partial charge in [0, 0.05) is 10.2 Å². The molecule has 0 fully saturated rings. The standard InChI is InChI=1S/C11H15BrS/c1-8(2)13-7-10-5-4-9(3)11(12)6-10/h4-6,8H,7H2,1-3H3. The fourth-order valence-electron chi connectivity index (χ4n) is 0.989. The Bertz CT molecular complexity index is 281. The first kappa shape index (κ1) is 11.1. The number of hydrogen-bond donors (Lipinski definition) is 0. The lowest BCUT2D eigenvalue weighted by molar-refractivity contribution is 1.11. The summed E-state index contributed by atoms with van der Waals surface area (Å²) < 4.78 is 1.22. The molecule has 0 unspecified atom stereocenters. The van der Waals surface area contributed by atoms with Crippen LogP contribution in [0, 0.1) is 6.92 Å².